The molecule has 0 saturated heterocycles. The fraction of sp³-hybridized carbons (Fsp3) is 0.727. The number of carbonyl (C=O) groups excluding carboxylic acids is 1. The van der Waals surface area contributed by atoms with Gasteiger partial charge in [-0.3, -0.25) is 4.18 Å². The van der Waals surface area contributed by atoms with Crippen LogP contribution in [-0.2, 0) is 23.8 Å². The molecule has 0 spiro atoms. The average molecular weight is 316 g/mol. The second-order valence-electron chi connectivity index (χ2n) is 4.37. The van der Waals surface area contributed by atoms with Crippen molar-refractivity contribution < 1.29 is 35.3 Å². The van der Waals surface area contributed by atoms with E-state index >= 15 is 0 Å². The number of hydrogen-bond donors (Lipinski definition) is 0. The first-order chi connectivity index (χ1) is 9.08. The molecule has 0 aromatic heterocycles. The molecule has 0 heterocycles. The van der Waals surface area contributed by atoms with Crippen LogP contribution in [0.15, 0.2) is 11.6 Å². The molecule has 0 fully saturated rings. The van der Waals surface area contributed by atoms with Crippen molar-refractivity contribution in [2.24, 2.45) is 5.92 Å². The first-order valence-electron chi connectivity index (χ1n) is 5.95. The van der Waals surface area contributed by atoms with E-state index in [1.54, 1.807) is 13.8 Å². The van der Waals surface area contributed by atoms with Gasteiger partial charge in [-0.2, -0.15) is 21.6 Å². The molecular weight excluding hydrogens is 301 g/mol. The van der Waals surface area contributed by atoms with Gasteiger partial charge in [0.05, 0.1) is 12.7 Å². The lowest BCUT2D eigenvalue weighted by atomic mass is 9.87. The maximum atomic E-state index is 12.2. The van der Waals surface area contributed by atoms with Crippen LogP contribution in [-0.4, -0.2) is 32.6 Å². The van der Waals surface area contributed by atoms with Crippen molar-refractivity contribution in [3.8, 4) is 0 Å². The number of alkyl halides is 3. The standard InChI is InChI=1S/C11H15F3O5S/c1-3-18-10(15)9-5-4-8(6-7(9)2)19-20(16,17)11(12,13)14/h5,7-8H,3-4,6H2,1-2H3. The summed E-state index contributed by atoms with van der Waals surface area (Å²) in [4.78, 5) is 11.5. The van der Waals surface area contributed by atoms with Crippen LogP contribution >= 0.6 is 0 Å². The minimum atomic E-state index is -5.61. The Morgan fingerprint density at radius 3 is 2.50 bits per heavy atom. The van der Waals surface area contributed by atoms with E-state index in [0.717, 1.165) is 0 Å². The highest BCUT2D eigenvalue weighted by molar-refractivity contribution is 7.87. The smallest absolute Gasteiger partial charge is 0.463 e. The van der Waals surface area contributed by atoms with Crippen LogP contribution in [0.25, 0.3) is 0 Å². The van der Waals surface area contributed by atoms with E-state index in [1.807, 2.05) is 0 Å². The van der Waals surface area contributed by atoms with Gasteiger partial charge >= 0.3 is 21.6 Å². The van der Waals surface area contributed by atoms with Crippen LogP contribution in [0, 0.1) is 5.92 Å². The zero-order valence-electron chi connectivity index (χ0n) is 10.9. The molecular formula is C11H15F3O5S. The molecule has 0 N–H and O–H groups in total. The molecule has 2 unspecified atom stereocenters. The molecule has 2 atom stereocenters. The van der Waals surface area contributed by atoms with E-state index in [4.69, 9.17) is 4.74 Å². The van der Waals surface area contributed by atoms with Gasteiger partial charge in [0, 0.05) is 5.57 Å². The Labute approximate surface area is 114 Å². The van der Waals surface area contributed by atoms with Crippen molar-refractivity contribution >= 4 is 16.1 Å². The lowest BCUT2D eigenvalue weighted by Crippen LogP contribution is -2.33. The summed E-state index contributed by atoms with van der Waals surface area (Å²) in [6, 6.07) is 0. The van der Waals surface area contributed by atoms with Gasteiger partial charge in [-0.25, -0.2) is 4.79 Å². The molecule has 0 radical (unpaired) electrons. The molecule has 1 aliphatic carbocycles. The Balaban J connectivity index is 2.75. The Morgan fingerprint density at radius 1 is 1.45 bits per heavy atom. The van der Waals surface area contributed by atoms with Gasteiger partial charge in [0.15, 0.2) is 0 Å². The summed E-state index contributed by atoms with van der Waals surface area (Å²) >= 11 is 0. The van der Waals surface area contributed by atoms with Crippen LogP contribution < -0.4 is 0 Å². The summed E-state index contributed by atoms with van der Waals surface area (Å²) in [7, 11) is -5.61. The fourth-order valence-corrected chi connectivity index (χ4v) is 2.51. The predicted octanol–water partition coefficient (Wildman–Crippen LogP) is 2.14. The molecule has 0 bridgehead atoms. The molecule has 116 valence electrons. The maximum Gasteiger partial charge on any atom is 0.523 e. The van der Waals surface area contributed by atoms with E-state index in [9.17, 15) is 26.4 Å². The minimum Gasteiger partial charge on any atom is -0.463 e. The summed E-state index contributed by atoms with van der Waals surface area (Å²) in [6.07, 6.45) is 0.144. The summed E-state index contributed by atoms with van der Waals surface area (Å²) in [5.41, 5.74) is -5.11. The topological polar surface area (TPSA) is 69.7 Å². The third-order valence-electron chi connectivity index (χ3n) is 2.81. The summed E-state index contributed by atoms with van der Waals surface area (Å²) in [5.74, 6) is -0.978. The van der Waals surface area contributed by atoms with E-state index in [2.05, 4.69) is 4.18 Å². The van der Waals surface area contributed by atoms with Crippen molar-refractivity contribution in [3.05, 3.63) is 11.6 Å². The first-order valence-corrected chi connectivity index (χ1v) is 7.36. The zero-order chi connectivity index (χ0) is 15.6. The number of carbonyl (C=O) groups is 1. The van der Waals surface area contributed by atoms with Gasteiger partial charge in [-0.15, -0.1) is 0 Å². The highest BCUT2D eigenvalue weighted by Gasteiger charge is 2.49. The second-order valence-corrected chi connectivity index (χ2v) is 5.93. The SMILES string of the molecule is CCOC(=O)C1=CCC(OS(=O)(=O)C(F)(F)F)CC1C. The van der Waals surface area contributed by atoms with Crippen LogP contribution in [0.3, 0.4) is 0 Å². The molecule has 20 heavy (non-hydrogen) atoms. The van der Waals surface area contributed by atoms with E-state index in [-0.39, 0.29) is 19.4 Å². The molecule has 0 amide bonds. The number of halogens is 3. The Kier molecular flexibility index (Phi) is 5.20. The largest absolute Gasteiger partial charge is 0.523 e. The summed E-state index contributed by atoms with van der Waals surface area (Å²) in [5, 5.41) is 0. The number of hydrogen-bond acceptors (Lipinski definition) is 5. The predicted molar refractivity (Wildman–Crippen MR) is 63.0 cm³/mol. The van der Waals surface area contributed by atoms with Crippen molar-refractivity contribution in [1.82, 2.24) is 0 Å². The molecule has 0 saturated carbocycles. The van der Waals surface area contributed by atoms with Gasteiger partial charge in [0.1, 0.15) is 0 Å². The van der Waals surface area contributed by atoms with E-state index < -0.39 is 33.6 Å². The highest BCUT2D eigenvalue weighted by atomic mass is 32.2. The Morgan fingerprint density at radius 2 is 2.05 bits per heavy atom. The first kappa shape index (κ1) is 17.0. The van der Waals surface area contributed by atoms with Crippen LogP contribution in [0.1, 0.15) is 26.7 Å². The van der Waals surface area contributed by atoms with Crippen LogP contribution in [0.4, 0.5) is 13.2 Å². The Bertz CT molecular complexity index is 495. The van der Waals surface area contributed by atoms with E-state index in [0.29, 0.717) is 5.57 Å². The summed E-state index contributed by atoms with van der Waals surface area (Å²) < 4.78 is 67.3. The maximum absolute atomic E-state index is 12.2. The summed E-state index contributed by atoms with van der Waals surface area (Å²) in [6.45, 7) is 3.41. The quantitative estimate of drug-likeness (QED) is 0.451. The normalized spacial score (nSPS) is 24.1. The van der Waals surface area contributed by atoms with Gasteiger partial charge in [0.2, 0.25) is 0 Å². The third kappa shape index (κ3) is 3.95. The molecule has 1 aliphatic rings. The van der Waals surface area contributed by atoms with E-state index in [1.165, 1.54) is 6.08 Å². The second kappa shape index (κ2) is 6.13. The average Bonchev–Trinajstić information content (AvgIpc) is 2.27. The van der Waals surface area contributed by atoms with Crippen molar-refractivity contribution in [2.75, 3.05) is 6.61 Å². The lowest BCUT2D eigenvalue weighted by molar-refractivity contribution is -0.139. The van der Waals surface area contributed by atoms with Gasteiger partial charge in [0.25, 0.3) is 0 Å². The van der Waals surface area contributed by atoms with Crippen LogP contribution in [0.5, 0.6) is 0 Å². The number of esters is 1. The van der Waals surface area contributed by atoms with Crippen molar-refractivity contribution in [1.29, 1.82) is 0 Å². The number of rotatable bonds is 4. The van der Waals surface area contributed by atoms with Crippen molar-refractivity contribution in [3.63, 3.8) is 0 Å². The lowest BCUT2D eigenvalue weighted by Gasteiger charge is -2.26. The van der Waals surface area contributed by atoms with Gasteiger partial charge in [-0.1, -0.05) is 13.0 Å². The minimum absolute atomic E-state index is 0.0000420. The number of ether oxygens (including phenoxy) is 1. The fourth-order valence-electron chi connectivity index (χ4n) is 1.89. The highest BCUT2D eigenvalue weighted by Crippen LogP contribution is 2.32. The van der Waals surface area contributed by atoms with Crippen molar-refractivity contribution in [2.45, 2.75) is 38.3 Å². The Hall–Kier alpha value is -1.09. The molecule has 1 rings (SSSR count). The van der Waals surface area contributed by atoms with Gasteiger partial charge in [-0.05, 0) is 25.7 Å². The molecule has 0 aromatic rings. The van der Waals surface area contributed by atoms with Gasteiger partial charge < -0.3 is 4.74 Å². The third-order valence-corrected chi connectivity index (χ3v) is 3.90. The molecule has 9 heteroatoms. The monoisotopic (exact) mass is 316 g/mol. The molecule has 0 aromatic carbocycles. The molecule has 0 aliphatic heterocycles. The molecule has 5 nitrogen and oxygen atoms in total. The zero-order valence-corrected chi connectivity index (χ0v) is 11.8. The van der Waals surface area contributed by atoms with Crippen LogP contribution in [0.2, 0.25) is 0 Å².